The van der Waals surface area contributed by atoms with E-state index in [0.29, 0.717) is 30.4 Å². The zero-order chi connectivity index (χ0) is 19.2. The summed E-state index contributed by atoms with van der Waals surface area (Å²) in [5, 5.41) is 11.8. The predicted molar refractivity (Wildman–Crippen MR) is 103 cm³/mol. The summed E-state index contributed by atoms with van der Waals surface area (Å²) in [5.74, 6) is 0.708. The number of aryl methyl sites for hydroxylation is 1. The average Bonchev–Trinajstić information content (AvgIpc) is 3.23. The average molecular weight is 389 g/mol. The Morgan fingerprint density at radius 2 is 2.04 bits per heavy atom. The second-order valence-electron chi connectivity index (χ2n) is 5.85. The number of nitrogens with one attached hydrogen (secondary N) is 3. The fourth-order valence-corrected chi connectivity index (χ4v) is 3.12. The van der Waals surface area contributed by atoms with Crippen molar-refractivity contribution in [2.45, 2.75) is 6.92 Å². The summed E-state index contributed by atoms with van der Waals surface area (Å²) in [6.07, 6.45) is 0. The molecule has 4 amide bonds. The molecule has 9 nitrogen and oxygen atoms in total. The molecule has 0 spiro atoms. The molecule has 1 aromatic heterocycles. The zero-order valence-corrected chi connectivity index (χ0v) is 15.5. The first-order chi connectivity index (χ1) is 13.0. The van der Waals surface area contributed by atoms with Crippen molar-refractivity contribution in [3.8, 4) is 0 Å². The number of anilines is 3. The Kier molecular flexibility index (Phi) is 5.97. The quantitative estimate of drug-likeness (QED) is 0.665. The summed E-state index contributed by atoms with van der Waals surface area (Å²) in [4.78, 5) is 37.2. The molecule has 27 heavy (non-hydrogen) atoms. The van der Waals surface area contributed by atoms with Crippen molar-refractivity contribution < 1.29 is 18.9 Å². The summed E-state index contributed by atoms with van der Waals surface area (Å²) in [7, 11) is 0. The van der Waals surface area contributed by atoms with Gasteiger partial charge in [0.05, 0.1) is 11.5 Å². The van der Waals surface area contributed by atoms with Crippen LogP contribution in [0.3, 0.4) is 0 Å². The zero-order valence-electron chi connectivity index (χ0n) is 14.7. The number of carbonyl (C=O) groups excluding carboxylic acids is 3. The molecular weight excluding hydrogens is 370 g/mol. The summed E-state index contributed by atoms with van der Waals surface area (Å²) in [5.41, 5.74) is 1.32. The van der Waals surface area contributed by atoms with Crippen LogP contribution in [0.1, 0.15) is 5.76 Å². The smallest absolute Gasteiger partial charge is 0.321 e. The van der Waals surface area contributed by atoms with E-state index in [4.69, 9.17) is 4.52 Å². The first-order valence-corrected chi connectivity index (χ1v) is 9.43. The number of nitrogens with zero attached hydrogens (tertiary/aromatic N) is 2. The standard InChI is InChI=1S/C17H19N5O4S/c1-11-7-14(21-26-11)20-16(24)10-27-9-15(23)19-12-3-2-4-13(8-12)22-6-5-18-17(22)25/h2-4,7-8H,5-6,9-10H2,1H3,(H,18,25)(H,19,23)(H,20,21,24). The summed E-state index contributed by atoms with van der Waals surface area (Å²) < 4.78 is 4.86. The Balaban J connectivity index is 1.44. The lowest BCUT2D eigenvalue weighted by molar-refractivity contribution is -0.114. The van der Waals surface area contributed by atoms with Gasteiger partial charge in [-0.3, -0.25) is 14.5 Å². The minimum atomic E-state index is -0.261. The topological polar surface area (TPSA) is 117 Å². The number of hydrogen-bond acceptors (Lipinski definition) is 6. The van der Waals surface area contributed by atoms with Crippen molar-refractivity contribution in [1.29, 1.82) is 0 Å². The number of urea groups is 1. The van der Waals surface area contributed by atoms with Gasteiger partial charge in [0.15, 0.2) is 5.82 Å². The van der Waals surface area contributed by atoms with Gasteiger partial charge in [-0.1, -0.05) is 11.2 Å². The lowest BCUT2D eigenvalue weighted by Crippen LogP contribution is -2.27. The summed E-state index contributed by atoms with van der Waals surface area (Å²) in [6, 6.07) is 8.54. The third-order valence-electron chi connectivity index (χ3n) is 3.66. The first-order valence-electron chi connectivity index (χ1n) is 8.27. The molecule has 1 aliphatic heterocycles. The van der Waals surface area contributed by atoms with Gasteiger partial charge < -0.3 is 20.5 Å². The molecule has 0 unspecified atom stereocenters. The number of amides is 4. The van der Waals surface area contributed by atoms with E-state index < -0.39 is 0 Å². The Labute approximate surface area is 159 Å². The van der Waals surface area contributed by atoms with E-state index >= 15 is 0 Å². The van der Waals surface area contributed by atoms with Gasteiger partial charge in [-0.2, -0.15) is 0 Å². The Morgan fingerprint density at radius 1 is 1.26 bits per heavy atom. The molecule has 1 aliphatic rings. The van der Waals surface area contributed by atoms with E-state index in [0.717, 1.165) is 5.69 Å². The van der Waals surface area contributed by atoms with Crippen molar-refractivity contribution in [1.82, 2.24) is 10.5 Å². The molecule has 0 aliphatic carbocycles. The highest BCUT2D eigenvalue weighted by molar-refractivity contribution is 8.00. The summed E-state index contributed by atoms with van der Waals surface area (Å²) in [6.45, 7) is 2.92. The number of hydrogen-bond donors (Lipinski definition) is 3. The SMILES string of the molecule is Cc1cc(NC(=O)CSCC(=O)Nc2cccc(N3CCNC3=O)c2)no1. The fraction of sp³-hybridized carbons (Fsp3) is 0.294. The minimum Gasteiger partial charge on any atom is -0.360 e. The van der Waals surface area contributed by atoms with Crippen LogP contribution >= 0.6 is 11.8 Å². The van der Waals surface area contributed by atoms with E-state index in [1.165, 1.54) is 11.8 Å². The molecule has 1 aromatic carbocycles. The van der Waals surface area contributed by atoms with Crippen molar-refractivity contribution >= 4 is 46.8 Å². The molecule has 0 saturated carbocycles. The van der Waals surface area contributed by atoms with Crippen LogP contribution < -0.4 is 20.9 Å². The van der Waals surface area contributed by atoms with Gasteiger partial charge in [0.2, 0.25) is 11.8 Å². The minimum absolute atomic E-state index is 0.118. The highest BCUT2D eigenvalue weighted by atomic mass is 32.2. The third-order valence-corrected chi connectivity index (χ3v) is 4.59. The van der Waals surface area contributed by atoms with Crippen LogP contribution in [0.4, 0.5) is 22.0 Å². The van der Waals surface area contributed by atoms with Gasteiger partial charge in [0.1, 0.15) is 5.76 Å². The molecule has 142 valence electrons. The molecule has 0 radical (unpaired) electrons. The van der Waals surface area contributed by atoms with Crippen LogP contribution in [0.2, 0.25) is 0 Å². The number of aromatic nitrogens is 1. The van der Waals surface area contributed by atoms with Crippen LogP contribution in [0, 0.1) is 6.92 Å². The van der Waals surface area contributed by atoms with Crippen molar-refractivity contribution in [2.24, 2.45) is 0 Å². The Morgan fingerprint density at radius 3 is 2.70 bits per heavy atom. The van der Waals surface area contributed by atoms with Crippen LogP contribution in [0.15, 0.2) is 34.9 Å². The Bertz CT molecular complexity index is 853. The largest absolute Gasteiger partial charge is 0.360 e. The molecule has 3 rings (SSSR count). The lowest BCUT2D eigenvalue weighted by atomic mass is 10.2. The molecule has 3 N–H and O–H groups in total. The Hall–Kier alpha value is -3.01. The molecule has 1 saturated heterocycles. The van der Waals surface area contributed by atoms with Crippen molar-refractivity contribution in [3.63, 3.8) is 0 Å². The summed E-state index contributed by atoms with van der Waals surface area (Å²) >= 11 is 1.19. The van der Waals surface area contributed by atoms with Crippen LogP contribution in [0.25, 0.3) is 0 Å². The maximum atomic E-state index is 12.1. The van der Waals surface area contributed by atoms with Crippen LogP contribution in [-0.4, -0.2) is 47.6 Å². The number of carbonyl (C=O) groups is 3. The van der Waals surface area contributed by atoms with Crippen LogP contribution in [-0.2, 0) is 9.59 Å². The van der Waals surface area contributed by atoms with E-state index in [-0.39, 0.29) is 29.4 Å². The lowest BCUT2D eigenvalue weighted by Gasteiger charge is -2.15. The molecule has 2 heterocycles. The van der Waals surface area contributed by atoms with Gasteiger partial charge in [-0.25, -0.2) is 4.79 Å². The number of rotatable bonds is 7. The monoisotopic (exact) mass is 389 g/mol. The van der Waals surface area contributed by atoms with E-state index in [2.05, 4.69) is 21.1 Å². The first kappa shape index (κ1) is 18.8. The molecule has 10 heteroatoms. The molecule has 1 fully saturated rings. The van der Waals surface area contributed by atoms with Crippen molar-refractivity contribution in [2.75, 3.05) is 40.1 Å². The van der Waals surface area contributed by atoms with E-state index in [1.807, 2.05) is 6.07 Å². The molecular formula is C17H19N5O4S. The van der Waals surface area contributed by atoms with Gasteiger partial charge in [0.25, 0.3) is 0 Å². The highest BCUT2D eigenvalue weighted by Crippen LogP contribution is 2.21. The van der Waals surface area contributed by atoms with Gasteiger partial charge in [-0.15, -0.1) is 11.8 Å². The molecule has 0 bridgehead atoms. The van der Waals surface area contributed by atoms with E-state index in [9.17, 15) is 14.4 Å². The van der Waals surface area contributed by atoms with Crippen LogP contribution in [0.5, 0.6) is 0 Å². The maximum absolute atomic E-state index is 12.1. The highest BCUT2D eigenvalue weighted by Gasteiger charge is 2.21. The van der Waals surface area contributed by atoms with Crippen molar-refractivity contribution in [3.05, 3.63) is 36.1 Å². The normalized spacial score (nSPS) is 13.4. The van der Waals surface area contributed by atoms with Gasteiger partial charge in [0, 0.05) is 30.5 Å². The fourth-order valence-electron chi connectivity index (χ4n) is 2.51. The van der Waals surface area contributed by atoms with E-state index in [1.54, 1.807) is 36.1 Å². The number of thioether (sulfide) groups is 1. The van der Waals surface area contributed by atoms with Gasteiger partial charge in [-0.05, 0) is 25.1 Å². The second kappa shape index (κ2) is 8.58. The maximum Gasteiger partial charge on any atom is 0.321 e. The molecule has 2 aromatic rings. The molecule has 0 atom stereocenters. The van der Waals surface area contributed by atoms with Gasteiger partial charge >= 0.3 is 6.03 Å². The number of benzene rings is 1. The third kappa shape index (κ3) is 5.23. The second-order valence-corrected chi connectivity index (χ2v) is 6.83. The predicted octanol–water partition coefficient (Wildman–Crippen LogP) is 1.82.